The minimum atomic E-state index is 0.0750. The zero-order chi connectivity index (χ0) is 64.8. The first-order valence-corrected chi connectivity index (χ1v) is 44.9. The Hall–Kier alpha value is -0.940. The van der Waals surface area contributed by atoms with Crippen LogP contribution in [-0.2, 0) is 10.8 Å². The topological polar surface area (TPSA) is 0 Å². The van der Waals surface area contributed by atoms with Crippen molar-refractivity contribution < 1.29 is 0 Å². The van der Waals surface area contributed by atoms with Gasteiger partial charge in [-0.25, -0.2) is 0 Å². The van der Waals surface area contributed by atoms with E-state index in [-0.39, 0.29) is 10.8 Å². The zero-order valence-corrected chi connectivity index (χ0v) is 66.1. The fourth-order valence-electron chi connectivity index (χ4n) is 17.4. The van der Waals surface area contributed by atoms with Crippen LogP contribution in [0.4, 0.5) is 0 Å². The third-order valence-corrected chi connectivity index (χ3v) is 26.3. The van der Waals surface area contributed by atoms with Gasteiger partial charge in [-0.15, -0.1) is 22.7 Å². The van der Waals surface area contributed by atoms with Crippen molar-refractivity contribution in [1.29, 1.82) is 0 Å². The van der Waals surface area contributed by atoms with Gasteiger partial charge >= 0.3 is 0 Å². The van der Waals surface area contributed by atoms with Gasteiger partial charge in [-0.2, -0.15) is 0 Å². The standard InChI is InChI=1S/C88H146Br2S2/c1-5-9-13-17-21-25-29-33-37-41-45-49-53-57-61-69-87(70-62-58-54-50-46-42-38-34-30-26-22-18-14-10-6-2)79-73-81(89)91-85(79)77-67-66-76-75(83(77)87)65-68-78-84(76)88(80-74-82(90)92-86(78)80,71-63-59-55-51-47-43-39-35-31-27-23-19-15-11-7-3)72-64-60-56-52-48-44-40-36-32-28-24-20-16-12-8-4/h65-68,73-74H,5-64,69-72H2,1-4H3. The minimum Gasteiger partial charge on any atom is -0.128 e. The first-order valence-electron chi connectivity index (χ1n) is 41.7. The molecule has 2 aromatic heterocycles. The van der Waals surface area contributed by atoms with Crippen LogP contribution < -0.4 is 0 Å². The van der Waals surface area contributed by atoms with E-state index in [4.69, 9.17) is 0 Å². The van der Waals surface area contributed by atoms with Gasteiger partial charge in [0.15, 0.2) is 0 Å². The van der Waals surface area contributed by atoms with Crippen molar-refractivity contribution in [2.24, 2.45) is 0 Å². The Bertz CT molecular complexity index is 2200. The van der Waals surface area contributed by atoms with Crippen molar-refractivity contribution >= 4 is 65.3 Å². The predicted molar refractivity (Wildman–Crippen MR) is 426 cm³/mol. The van der Waals surface area contributed by atoms with E-state index in [1.807, 2.05) is 22.7 Å². The number of halogens is 2. The van der Waals surface area contributed by atoms with E-state index in [0.717, 1.165) is 0 Å². The summed E-state index contributed by atoms with van der Waals surface area (Å²) in [4.78, 5) is 3.17. The summed E-state index contributed by atoms with van der Waals surface area (Å²) in [5, 5.41) is 3.24. The van der Waals surface area contributed by atoms with E-state index < -0.39 is 0 Å². The van der Waals surface area contributed by atoms with Crippen LogP contribution in [0.2, 0.25) is 0 Å². The smallest absolute Gasteiger partial charge is 0.0708 e. The van der Waals surface area contributed by atoms with Gasteiger partial charge in [-0.05, 0) is 114 Å². The molecule has 0 radical (unpaired) electrons. The zero-order valence-electron chi connectivity index (χ0n) is 61.3. The Morgan fingerprint density at radius 3 is 0.598 bits per heavy atom. The molecule has 0 fully saturated rings. The Morgan fingerprint density at radius 2 is 0.413 bits per heavy atom. The number of hydrogen-bond donors (Lipinski definition) is 0. The molecule has 92 heavy (non-hydrogen) atoms. The molecular formula is C88H146Br2S2. The van der Waals surface area contributed by atoms with Gasteiger partial charge in [0.1, 0.15) is 0 Å². The van der Waals surface area contributed by atoms with E-state index in [1.165, 1.54) is 419 Å². The average Bonchev–Trinajstić information content (AvgIpc) is 1.52. The van der Waals surface area contributed by atoms with E-state index >= 15 is 0 Å². The lowest BCUT2D eigenvalue weighted by Crippen LogP contribution is -2.27. The molecule has 2 aliphatic carbocycles. The molecule has 0 atom stereocenters. The lowest BCUT2D eigenvalue weighted by Gasteiger charge is -2.36. The SMILES string of the molecule is CCCCCCCCCCCCCCCCCC1(CCCCCCCCCCCCCCCCC)c2cc(Br)sc2-c2ccc3c4c(ccc3c21)-c1sc(Br)cc1C4(CCCCCCCCCCCCCCCCC)CCCCCCCCCCCCCCCCC. The molecule has 0 aliphatic heterocycles. The lowest BCUT2D eigenvalue weighted by atomic mass is 9.67. The van der Waals surface area contributed by atoms with Crippen molar-refractivity contribution in [3.05, 3.63) is 66.2 Å². The highest BCUT2D eigenvalue weighted by Crippen LogP contribution is 2.64. The molecule has 4 aromatic rings. The van der Waals surface area contributed by atoms with Gasteiger partial charge in [0.25, 0.3) is 0 Å². The number of hydrogen-bond acceptors (Lipinski definition) is 2. The summed E-state index contributed by atoms with van der Waals surface area (Å²) in [7, 11) is 0. The Balaban J connectivity index is 1.17. The predicted octanol–water partition coefficient (Wildman–Crippen LogP) is 34.1. The van der Waals surface area contributed by atoms with Crippen LogP contribution in [0.25, 0.3) is 31.7 Å². The lowest BCUT2D eigenvalue weighted by molar-refractivity contribution is 0.397. The monoisotopic (exact) mass is 1420 g/mol. The third kappa shape index (κ3) is 28.0. The fraction of sp³-hybridized carbons (Fsp3) is 0.795. The second kappa shape index (κ2) is 50.4. The van der Waals surface area contributed by atoms with E-state index in [9.17, 15) is 0 Å². The molecule has 0 nitrogen and oxygen atoms in total. The molecule has 4 heteroatoms. The van der Waals surface area contributed by atoms with Crippen molar-refractivity contribution in [2.75, 3.05) is 0 Å². The second-order valence-electron chi connectivity index (χ2n) is 30.6. The second-order valence-corrected chi connectivity index (χ2v) is 35.5. The Labute approximate surface area is 597 Å². The van der Waals surface area contributed by atoms with E-state index in [2.05, 4.69) is 96.0 Å². The number of fused-ring (bicyclic) bond motifs is 9. The van der Waals surface area contributed by atoms with Crippen molar-refractivity contribution in [2.45, 2.75) is 449 Å². The molecule has 2 aliphatic rings. The van der Waals surface area contributed by atoms with Crippen LogP contribution in [0.1, 0.15) is 461 Å². The maximum absolute atomic E-state index is 4.13. The van der Waals surface area contributed by atoms with Gasteiger partial charge in [0, 0.05) is 20.6 Å². The molecule has 2 heterocycles. The molecule has 0 spiro atoms. The molecule has 0 saturated heterocycles. The molecule has 0 unspecified atom stereocenters. The molecule has 2 aromatic carbocycles. The number of unbranched alkanes of at least 4 members (excludes halogenated alkanes) is 56. The molecule has 0 amide bonds. The van der Waals surface area contributed by atoms with Crippen LogP contribution in [0, 0.1) is 0 Å². The van der Waals surface area contributed by atoms with Gasteiger partial charge in [-0.3, -0.25) is 0 Å². The first-order chi connectivity index (χ1) is 45.5. The van der Waals surface area contributed by atoms with Crippen molar-refractivity contribution in [3.8, 4) is 20.9 Å². The van der Waals surface area contributed by atoms with E-state index in [0.29, 0.717) is 0 Å². The normalized spacial score (nSPS) is 13.7. The Morgan fingerprint density at radius 1 is 0.239 bits per heavy atom. The van der Waals surface area contributed by atoms with Crippen LogP contribution in [0.5, 0.6) is 0 Å². The van der Waals surface area contributed by atoms with Crippen molar-refractivity contribution in [3.63, 3.8) is 0 Å². The van der Waals surface area contributed by atoms with Gasteiger partial charge in [0.05, 0.1) is 7.57 Å². The summed E-state index contributed by atoms with van der Waals surface area (Å²) < 4.78 is 2.67. The maximum Gasteiger partial charge on any atom is 0.0708 e. The molecule has 524 valence electrons. The molecular weight excluding hydrogens is 1280 g/mol. The summed E-state index contributed by atoms with van der Waals surface area (Å²) >= 11 is 12.4. The van der Waals surface area contributed by atoms with Crippen LogP contribution in [-0.4, -0.2) is 0 Å². The molecule has 6 rings (SSSR count). The summed E-state index contributed by atoms with van der Waals surface area (Å²) in [6, 6.07) is 16.0. The number of rotatable bonds is 64. The summed E-state index contributed by atoms with van der Waals surface area (Å²) in [5.74, 6) is 0. The van der Waals surface area contributed by atoms with E-state index in [1.54, 1.807) is 53.9 Å². The largest absolute Gasteiger partial charge is 0.128 e. The quantitative estimate of drug-likeness (QED) is 0.0387. The molecule has 0 bridgehead atoms. The fourth-order valence-corrected chi connectivity index (χ4v) is 20.9. The molecule has 0 saturated carbocycles. The number of benzene rings is 2. The highest BCUT2D eigenvalue weighted by Gasteiger charge is 2.48. The highest BCUT2D eigenvalue weighted by molar-refractivity contribution is 9.11. The molecule has 0 N–H and O–H groups in total. The maximum atomic E-state index is 4.13. The summed E-state index contributed by atoms with van der Waals surface area (Å²) in [6.45, 7) is 9.34. The number of thiophene rings is 2. The Kier molecular flexibility index (Phi) is 43.8. The summed E-state index contributed by atoms with van der Waals surface area (Å²) in [6.07, 6.45) is 90.8. The van der Waals surface area contributed by atoms with Crippen LogP contribution in [0.3, 0.4) is 0 Å². The van der Waals surface area contributed by atoms with Crippen molar-refractivity contribution in [1.82, 2.24) is 0 Å². The van der Waals surface area contributed by atoms with Gasteiger partial charge < -0.3 is 0 Å². The minimum absolute atomic E-state index is 0.0750. The third-order valence-electron chi connectivity index (χ3n) is 22.9. The van der Waals surface area contributed by atoms with Gasteiger partial charge in [0.2, 0.25) is 0 Å². The van der Waals surface area contributed by atoms with Crippen LogP contribution in [0.15, 0.2) is 44.0 Å². The summed E-state index contributed by atoms with van der Waals surface area (Å²) in [5.41, 5.74) is 10.2. The van der Waals surface area contributed by atoms with Crippen LogP contribution >= 0.6 is 54.5 Å². The average molecular weight is 1430 g/mol. The highest BCUT2D eigenvalue weighted by atomic mass is 79.9. The first kappa shape index (κ1) is 80.0. The van der Waals surface area contributed by atoms with Gasteiger partial charge in [-0.1, -0.05) is 437 Å².